The van der Waals surface area contributed by atoms with Gasteiger partial charge >= 0.3 is 12.1 Å². The summed E-state index contributed by atoms with van der Waals surface area (Å²) in [4.78, 5) is 15.9. The summed E-state index contributed by atoms with van der Waals surface area (Å²) in [6.07, 6.45) is -1.05. The van der Waals surface area contributed by atoms with Crippen LogP contribution >= 0.6 is 0 Å². The molecule has 2 unspecified atom stereocenters. The van der Waals surface area contributed by atoms with Crippen molar-refractivity contribution in [3.63, 3.8) is 0 Å². The number of carboxylic acids is 1. The molecule has 0 fully saturated rings. The van der Waals surface area contributed by atoms with Gasteiger partial charge < -0.3 is 14.1 Å². The van der Waals surface area contributed by atoms with Gasteiger partial charge in [-0.05, 0) is 42.2 Å². The lowest BCUT2D eigenvalue weighted by molar-refractivity contribution is -0.163. The normalized spacial score (nSPS) is 14.3. The van der Waals surface area contributed by atoms with E-state index in [-0.39, 0.29) is 17.9 Å². The van der Waals surface area contributed by atoms with Crippen LogP contribution in [0.25, 0.3) is 33.2 Å². The molecule has 4 aromatic rings. The molecule has 2 N–H and O–H groups in total. The number of carboxylic acid groups (broad SMARTS) is 1. The first-order chi connectivity index (χ1) is 15.5. The minimum absolute atomic E-state index is 0.0745. The monoisotopic (exact) mass is 459 g/mol. The molecule has 0 bridgehead atoms. The van der Waals surface area contributed by atoms with Gasteiger partial charge in [-0.1, -0.05) is 26.0 Å². The van der Waals surface area contributed by atoms with Gasteiger partial charge in [0.25, 0.3) is 0 Å². The number of imidazole rings is 1. The van der Waals surface area contributed by atoms with Gasteiger partial charge in [-0.2, -0.15) is 13.2 Å². The van der Waals surface area contributed by atoms with E-state index in [0.717, 1.165) is 16.6 Å². The van der Waals surface area contributed by atoms with Gasteiger partial charge in [-0.3, -0.25) is 10.1 Å². The molecule has 174 valence electrons. The van der Waals surface area contributed by atoms with Gasteiger partial charge in [0.05, 0.1) is 12.0 Å². The number of hydrogen-bond acceptors (Lipinski definition) is 4. The Morgan fingerprint density at radius 3 is 2.52 bits per heavy atom. The Morgan fingerprint density at radius 1 is 1.15 bits per heavy atom. The molecule has 0 aliphatic heterocycles. The largest absolute Gasteiger partial charge is 0.480 e. The zero-order valence-corrected chi connectivity index (χ0v) is 18.3. The third-order valence-electron chi connectivity index (χ3n) is 5.53. The Labute approximate surface area is 188 Å². The van der Waals surface area contributed by atoms with E-state index in [4.69, 9.17) is 4.42 Å². The number of carbonyl (C=O) groups is 1. The van der Waals surface area contributed by atoms with Crippen LogP contribution in [0, 0.1) is 5.92 Å². The zero-order valence-electron chi connectivity index (χ0n) is 18.3. The second-order valence-corrected chi connectivity index (χ2v) is 8.65. The van der Waals surface area contributed by atoms with E-state index in [9.17, 15) is 23.1 Å². The van der Waals surface area contributed by atoms with Crippen LogP contribution in [0.5, 0.6) is 0 Å². The first kappa shape index (κ1) is 22.8. The highest BCUT2D eigenvalue weighted by Crippen LogP contribution is 2.38. The first-order valence-corrected chi connectivity index (χ1v) is 10.5. The van der Waals surface area contributed by atoms with Crippen molar-refractivity contribution in [1.82, 2.24) is 14.9 Å². The molecule has 0 spiro atoms. The number of nitrogens with zero attached hydrogens (tertiary/aromatic N) is 2. The molecule has 2 atom stereocenters. The second-order valence-electron chi connectivity index (χ2n) is 8.65. The molecule has 2 heterocycles. The molecule has 0 radical (unpaired) electrons. The number of nitrogens with one attached hydrogen (secondary N) is 1. The fourth-order valence-corrected chi connectivity index (χ4v) is 3.99. The predicted octanol–water partition coefficient (Wildman–Crippen LogP) is 5.68. The fraction of sp³-hybridized carbons (Fsp3) is 0.333. The highest BCUT2D eigenvalue weighted by atomic mass is 19.4. The lowest BCUT2D eigenvalue weighted by atomic mass is 9.99. The molecule has 33 heavy (non-hydrogen) atoms. The lowest BCUT2D eigenvalue weighted by Gasteiger charge is -2.26. The summed E-state index contributed by atoms with van der Waals surface area (Å²) in [6, 6.07) is 6.31. The molecule has 6 nitrogen and oxygen atoms in total. The number of halogens is 3. The van der Waals surface area contributed by atoms with Crippen LogP contribution in [-0.4, -0.2) is 32.8 Å². The van der Waals surface area contributed by atoms with E-state index in [2.05, 4.69) is 10.3 Å². The topological polar surface area (TPSA) is 80.3 Å². The Hall–Kier alpha value is -3.33. The van der Waals surface area contributed by atoms with Gasteiger partial charge in [-0.25, -0.2) is 4.98 Å². The number of aromatic nitrogens is 2. The molecule has 2 aromatic carbocycles. The average molecular weight is 459 g/mol. The van der Waals surface area contributed by atoms with E-state index in [1.165, 1.54) is 12.1 Å². The molecule has 0 saturated carbocycles. The number of furan rings is 1. The zero-order chi connectivity index (χ0) is 23.9. The molecule has 2 aromatic heterocycles. The predicted molar refractivity (Wildman–Crippen MR) is 119 cm³/mol. The highest BCUT2D eigenvalue weighted by Gasteiger charge is 2.43. The third-order valence-corrected chi connectivity index (χ3v) is 5.53. The SMILES string of the molecule is CC(C)CC(NC(c1ccc2c(c1)oc1ccc(-c3cn(C)cn3)cc12)C(F)(F)F)C(=O)O. The summed E-state index contributed by atoms with van der Waals surface area (Å²) >= 11 is 0. The van der Waals surface area contributed by atoms with Crippen LogP contribution in [0.2, 0.25) is 0 Å². The number of alkyl halides is 3. The summed E-state index contributed by atoms with van der Waals surface area (Å²) in [7, 11) is 1.87. The smallest absolute Gasteiger partial charge is 0.407 e. The maximum atomic E-state index is 13.9. The van der Waals surface area contributed by atoms with Crippen molar-refractivity contribution >= 4 is 27.9 Å². The van der Waals surface area contributed by atoms with Crippen LogP contribution in [0.1, 0.15) is 31.9 Å². The second kappa shape index (κ2) is 8.55. The molecule has 0 aliphatic rings. The van der Waals surface area contributed by atoms with Crippen molar-refractivity contribution in [3.05, 3.63) is 54.5 Å². The summed E-state index contributed by atoms with van der Waals surface area (Å²) in [6.45, 7) is 3.53. The molecule has 4 rings (SSSR count). The van der Waals surface area contributed by atoms with Crippen LogP contribution < -0.4 is 5.32 Å². The van der Waals surface area contributed by atoms with Crippen molar-refractivity contribution in [1.29, 1.82) is 0 Å². The van der Waals surface area contributed by atoms with Gasteiger partial charge in [0.2, 0.25) is 0 Å². The Kier molecular flexibility index (Phi) is 5.92. The van der Waals surface area contributed by atoms with Crippen molar-refractivity contribution in [2.45, 2.75) is 38.5 Å². The number of aliphatic carboxylic acids is 1. The summed E-state index contributed by atoms with van der Waals surface area (Å²) in [5.74, 6) is -1.40. The van der Waals surface area contributed by atoms with E-state index in [1.54, 1.807) is 32.3 Å². The number of hydrogen-bond donors (Lipinski definition) is 2. The Bertz CT molecular complexity index is 1310. The molecule has 0 amide bonds. The van der Waals surface area contributed by atoms with Gasteiger partial charge in [0.1, 0.15) is 23.2 Å². The van der Waals surface area contributed by atoms with Crippen molar-refractivity contribution in [3.8, 4) is 11.3 Å². The number of rotatable bonds is 7. The molecule has 9 heteroatoms. The van der Waals surface area contributed by atoms with Crippen LogP contribution in [0.3, 0.4) is 0 Å². The van der Waals surface area contributed by atoms with Gasteiger partial charge in [-0.15, -0.1) is 0 Å². The van der Waals surface area contributed by atoms with Crippen molar-refractivity contribution < 1.29 is 27.5 Å². The maximum Gasteiger partial charge on any atom is 0.407 e. The summed E-state index contributed by atoms with van der Waals surface area (Å²) in [5, 5.41) is 13.1. The van der Waals surface area contributed by atoms with Gasteiger partial charge in [0, 0.05) is 29.6 Å². The highest BCUT2D eigenvalue weighted by molar-refractivity contribution is 6.06. The van der Waals surface area contributed by atoms with Crippen molar-refractivity contribution in [2.75, 3.05) is 0 Å². The van der Waals surface area contributed by atoms with Crippen LogP contribution in [0.15, 0.2) is 53.3 Å². The summed E-state index contributed by atoms with van der Waals surface area (Å²) in [5.41, 5.74) is 2.38. The maximum absolute atomic E-state index is 13.9. The average Bonchev–Trinajstić information content (AvgIpc) is 3.31. The summed E-state index contributed by atoms with van der Waals surface area (Å²) < 4.78 is 49.4. The fourth-order valence-electron chi connectivity index (χ4n) is 3.99. The minimum atomic E-state index is -4.68. The third kappa shape index (κ3) is 4.73. The Morgan fingerprint density at radius 2 is 1.91 bits per heavy atom. The van der Waals surface area contributed by atoms with Gasteiger partial charge in [0.15, 0.2) is 0 Å². The molecule has 0 saturated heterocycles. The van der Waals surface area contributed by atoms with E-state index in [0.29, 0.717) is 16.6 Å². The number of fused-ring (bicyclic) bond motifs is 3. The molecule has 0 aliphatic carbocycles. The van der Waals surface area contributed by atoms with Crippen molar-refractivity contribution in [2.24, 2.45) is 13.0 Å². The number of aryl methyl sites for hydroxylation is 1. The lowest BCUT2D eigenvalue weighted by Crippen LogP contribution is -2.45. The van der Waals surface area contributed by atoms with Crippen LogP contribution in [-0.2, 0) is 11.8 Å². The minimum Gasteiger partial charge on any atom is -0.480 e. The molecular weight excluding hydrogens is 435 g/mol. The quantitative estimate of drug-likeness (QED) is 0.372. The van der Waals surface area contributed by atoms with E-state index in [1.807, 2.05) is 29.9 Å². The first-order valence-electron chi connectivity index (χ1n) is 10.5. The number of benzene rings is 2. The van der Waals surface area contributed by atoms with Crippen LogP contribution in [0.4, 0.5) is 13.2 Å². The van der Waals surface area contributed by atoms with E-state index >= 15 is 0 Å². The Balaban J connectivity index is 1.74. The molecular formula is C24H24F3N3O3. The van der Waals surface area contributed by atoms with E-state index < -0.39 is 24.2 Å². The standard InChI is InChI=1S/C24H24F3N3O3/c1-13(2)8-18(23(31)32)29-22(24(25,26)27)15-4-6-16-17-9-14(19-11-30(3)12-28-19)5-7-20(17)33-21(16)10-15/h4-7,9-13,18,22,29H,8H2,1-3H3,(H,31,32).